The van der Waals surface area contributed by atoms with Crippen LogP contribution in [0.25, 0.3) is 0 Å². The van der Waals surface area contributed by atoms with Crippen LogP contribution in [-0.4, -0.2) is 49.8 Å². The van der Waals surface area contributed by atoms with E-state index in [0.717, 1.165) is 45.3 Å². The van der Waals surface area contributed by atoms with Gasteiger partial charge in [0.1, 0.15) is 0 Å². The summed E-state index contributed by atoms with van der Waals surface area (Å²) in [6.45, 7) is 15.4. The van der Waals surface area contributed by atoms with Gasteiger partial charge in [-0.05, 0) is 25.2 Å². The molecule has 0 aromatic rings. The minimum Gasteiger partial charge on any atom is -0.380 e. The van der Waals surface area contributed by atoms with Gasteiger partial charge in [-0.25, -0.2) is 0 Å². The molecule has 0 atom stereocenters. The predicted octanol–water partition coefficient (Wildman–Crippen LogP) is 2.51. The third-order valence-corrected chi connectivity index (χ3v) is 4.34. The lowest BCUT2D eigenvalue weighted by molar-refractivity contribution is 0.0175. The van der Waals surface area contributed by atoms with Crippen molar-refractivity contribution in [2.45, 2.75) is 52.5 Å². The first-order valence-corrected chi connectivity index (χ1v) is 7.68. The summed E-state index contributed by atoms with van der Waals surface area (Å²) in [4.78, 5) is 2.64. The minimum absolute atomic E-state index is 0.361. The molecule has 1 aliphatic rings. The van der Waals surface area contributed by atoms with E-state index in [1.807, 2.05) is 0 Å². The second-order valence-corrected chi connectivity index (χ2v) is 5.89. The second kappa shape index (κ2) is 8.13. The molecule has 3 heteroatoms. The molecule has 1 fully saturated rings. The van der Waals surface area contributed by atoms with Crippen LogP contribution in [-0.2, 0) is 4.74 Å². The summed E-state index contributed by atoms with van der Waals surface area (Å²) < 4.78 is 5.77. The first-order chi connectivity index (χ1) is 8.64. The number of hydrogen-bond acceptors (Lipinski definition) is 3. The average molecular weight is 256 g/mol. The standard InChI is InChI=1S/C15H32N2O/c1-5-15(6-2)13-16-8-9-17(15)10-12-18-11-7-14(3)4/h14,16H,5-13H2,1-4H3. The van der Waals surface area contributed by atoms with Gasteiger partial charge in [0.15, 0.2) is 0 Å². The smallest absolute Gasteiger partial charge is 0.0593 e. The first-order valence-electron chi connectivity index (χ1n) is 7.68. The average Bonchev–Trinajstić information content (AvgIpc) is 2.38. The molecule has 1 saturated heterocycles. The molecule has 1 aliphatic heterocycles. The van der Waals surface area contributed by atoms with Gasteiger partial charge in [-0.3, -0.25) is 4.90 Å². The Kier molecular flexibility index (Phi) is 7.20. The molecule has 18 heavy (non-hydrogen) atoms. The maximum absolute atomic E-state index is 5.77. The molecule has 1 rings (SSSR count). The zero-order valence-corrected chi connectivity index (χ0v) is 12.8. The van der Waals surface area contributed by atoms with Crippen LogP contribution in [0.1, 0.15) is 47.0 Å². The highest BCUT2D eigenvalue weighted by molar-refractivity contribution is 4.93. The van der Waals surface area contributed by atoms with Gasteiger partial charge in [-0.15, -0.1) is 0 Å². The maximum Gasteiger partial charge on any atom is 0.0593 e. The summed E-state index contributed by atoms with van der Waals surface area (Å²) >= 11 is 0. The first kappa shape index (κ1) is 15.9. The SMILES string of the molecule is CCC1(CC)CNCCN1CCOCCC(C)C. The quantitative estimate of drug-likeness (QED) is 0.675. The number of nitrogens with one attached hydrogen (secondary N) is 1. The van der Waals surface area contributed by atoms with Crippen molar-refractivity contribution >= 4 is 0 Å². The lowest BCUT2D eigenvalue weighted by atomic mass is 9.88. The Hall–Kier alpha value is -0.120. The van der Waals surface area contributed by atoms with Crippen LogP contribution in [0.5, 0.6) is 0 Å². The van der Waals surface area contributed by atoms with Crippen LogP contribution in [0.3, 0.4) is 0 Å². The molecular formula is C15H32N2O. The molecule has 0 aromatic carbocycles. The van der Waals surface area contributed by atoms with Gasteiger partial charge in [0.2, 0.25) is 0 Å². The summed E-state index contributed by atoms with van der Waals surface area (Å²) in [5.41, 5.74) is 0.361. The molecule has 108 valence electrons. The fraction of sp³-hybridized carbons (Fsp3) is 1.00. The van der Waals surface area contributed by atoms with Gasteiger partial charge in [0.05, 0.1) is 6.61 Å². The Morgan fingerprint density at radius 2 is 1.94 bits per heavy atom. The number of ether oxygens (including phenoxy) is 1. The summed E-state index contributed by atoms with van der Waals surface area (Å²) in [6.07, 6.45) is 3.62. The summed E-state index contributed by atoms with van der Waals surface area (Å²) in [5, 5.41) is 3.54. The highest BCUT2D eigenvalue weighted by Crippen LogP contribution is 2.25. The van der Waals surface area contributed by atoms with E-state index in [4.69, 9.17) is 4.74 Å². The van der Waals surface area contributed by atoms with Gasteiger partial charge in [0.25, 0.3) is 0 Å². The van der Waals surface area contributed by atoms with Crippen LogP contribution in [0.15, 0.2) is 0 Å². The van der Waals surface area contributed by atoms with E-state index < -0.39 is 0 Å². The van der Waals surface area contributed by atoms with E-state index in [-0.39, 0.29) is 0 Å². The normalized spacial score (nSPS) is 20.5. The fourth-order valence-electron chi connectivity index (χ4n) is 2.78. The molecule has 0 bridgehead atoms. The van der Waals surface area contributed by atoms with E-state index in [1.54, 1.807) is 0 Å². The molecule has 0 aliphatic carbocycles. The Labute approximate surface area is 113 Å². The summed E-state index contributed by atoms with van der Waals surface area (Å²) in [6, 6.07) is 0. The number of rotatable bonds is 8. The van der Waals surface area contributed by atoms with E-state index in [9.17, 15) is 0 Å². The summed E-state index contributed by atoms with van der Waals surface area (Å²) in [7, 11) is 0. The molecule has 0 aromatic heterocycles. The maximum atomic E-state index is 5.77. The molecule has 0 spiro atoms. The van der Waals surface area contributed by atoms with E-state index in [0.29, 0.717) is 5.54 Å². The Morgan fingerprint density at radius 1 is 1.22 bits per heavy atom. The molecule has 1 N–H and O–H groups in total. The van der Waals surface area contributed by atoms with Crippen molar-refractivity contribution in [2.24, 2.45) is 5.92 Å². The van der Waals surface area contributed by atoms with Crippen molar-refractivity contribution < 1.29 is 4.74 Å². The molecule has 0 unspecified atom stereocenters. The topological polar surface area (TPSA) is 24.5 Å². The van der Waals surface area contributed by atoms with Crippen molar-refractivity contribution in [3.05, 3.63) is 0 Å². The van der Waals surface area contributed by atoms with E-state index >= 15 is 0 Å². The van der Waals surface area contributed by atoms with Crippen molar-refractivity contribution in [3.63, 3.8) is 0 Å². The fourth-order valence-corrected chi connectivity index (χ4v) is 2.78. The van der Waals surface area contributed by atoms with Crippen LogP contribution < -0.4 is 5.32 Å². The predicted molar refractivity (Wildman–Crippen MR) is 78.0 cm³/mol. The number of hydrogen-bond donors (Lipinski definition) is 1. The zero-order valence-electron chi connectivity index (χ0n) is 12.8. The van der Waals surface area contributed by atoms with Gasteiger partial charge < -0.3 is 10.1 Å². The van der Waals surface area contributed by atoms with Gasteiger partial charge in [-0.2, -0.15) is 0 Å². The molecular weight excluding hydrogens is 224 g/mol. The van der Waals surface area contributed by atoms with Crippen molar-refractivity contribution in [2.75, 3.05) is 39.4 Å². The lowest BCUT2D eigenvalue weighted by Crippen LogP contribution is -2.61. The van der Waals surface area contributed by atoms with Gasteiger partial charge in [-0.1, -0.05) is 27.7 Å². The molecule has 0 amide bonds. The second-order valence-electron chi connectivity index (χ2n) is 5.89. The molecule has 0 saturated carbocycles. The number of piperazine rings is 1. The minimum atomic E-state index is 0.361. The third kappa shape index (κ3) is 4.52. The largest absolute Gasteiger partial charge is 0.380 e. The third-order valence-electron chi connectivity index (χ3n) is 4.34. The lowest BCUT2D eigenvalue weighted by Gasteiger charge is -2.47. The van der Waals surface area contributed by atoms with Crippen LogP contribution in [0.4, 0.5) is 0 Å². The number of nitrogens with zero attached hydrogens (tertiary/aromatic N) is 1. The Balaban J connectivity index is 2.29. The van der Waals surface area contributed by atoms with Crippen molar-refractivity contribution in [1.29, 1.82) is 0 Å². The van der Waals surface area contributed by atoms with Crippen molar-refractivity contribution in [1.82, 2.24) is 10.2 Å². The van der Waals surface area contributed by atoms with Crippen LogP contribution >= 0.6 is 0 Å². The Morgan fingerprint density at radius 3 is 2.56 bits per heavy atom. The van der Waals surface area contributed by atoms with Gasteiger partial charge in [0, 0.05) is 38.3 Å². The molecule has 3 nitrogen and oxygen atoms in total. The van der Waals surface area contributed by atoms with Gasteiger partial charge >= 0.3 is 0 Å². The highest BCUT2D eigenvalue weighted by Gasteiger charge is 2.34. The van der Waals surface area contributed by atoms with Crippen LogP contribution in [0.2, 0.25) is 0 Å². The molecule has 1 heterocycles. The zero-order chi connectivity index (χ0) is 13.4. The van der Waals surface area contributed by atoms with E-state index in [2.05, 4.69) is 37.9 Å². The van der Waals surface area contributed by atoms with E-state index in [1.165, 1.54) is 19.3 Å². The van der Waals surface area contributed by atoms with Crippen LogP contribution in [0, 0.1) is 5.92 Å². The molecule has 0 radical (unpaired) electrons. The van der Waals surface area contributed by atoms with Crippen molar-refractivity contribution in [3.8, 4) is 0 Å². The highest BCUT2D eigenvalue weighted by atomic mass is 16.5. The monoisotopic (exact) mass is 256 g/mol. The Bertz CT molecular complexity index is 215. The summed E-state index contributed by atoms with van der Waals surface area (Å²) in [5.74, 6) is 0.745.